The molecule has 2 aliphatic rings. The highest BCUT2D eigenvalue weighted by molar-refractivity contribution is 5.78. The lowest BCUT2D eigenvalue weighted by Gasteiger charge is -2.20. The Bertz CT molecular complexity index is 230. The van der Waals surface area contributed by atoms with Crippen molar-refractivity contribution in [2.45, 2.75) is 44.6 Å². The number of hydrogen-bond donors (Lipinski definition) is 2. The number of ether oxygens (including phenoxy) is 1. The first-order valence-corrected chi connectivity index (χ1v) is 6.49. The normalized spacial score (nSPS) is 28.2. The molecule has 16 heavy (non-hydrogen) atoms. The molecule has 4 nitrogen and oxygen atoms in total. The molecule has 2 rings (SSSR count). The van der Waals surface area contributed by atoms with Gasteiger partial charge in [-0.1, -0.05) is 12.8 Å². The molecule has 4 heteroatoms. The molecule has 1 aliphatic carbocycles. The van der Waals surface area contributed by atoms with Crippen molar-refractivity contribution in [1.29, 1.82) is 0 Å². The van der Waals surface area contributed by atoms with Crippen LogP contribution in [0.2, 0.25) is 0 Å². The summed E-state index contributed by atoms with van der Waals surface area (Å²) in [7, 11) is 0. The highest BCUT2D eigenvalue weighted by Gasteiger charge is 2.16. The van der Waals surface area contributed by atoms with E-state index in [1.165, 1.54) is 32.1 Å². The van der Waals surface area contributed by atoms with Gasteiger partial charge >= 0.3 is 0 Å². The van der Waals surface area contributed by atoms with Gasteiger partial charge in [0.1, 0.15) is 0 Å². The molecule has 0 aromatic heterocycles. The van der Waals surface area contributed by atoms with Crippen LogP contribution in [0, 0.1) is 5.92 Å². The Hall–Kier alpha value is -0.770. The second kappa shape index (κ2) is 6.09. The monoisotopic (exact) mass is 225 g/mol. The number of nitrogens with zero attached hydrogens (tertiary/aromatic N) is 1. The molecule has 1 heterocycles. The minimum Gasteiger partial charge on any atom is -0.381 e. The molecule has 0 amide bonds. The quantitative estimate of drug-likeness (QED) is 0.561. The lowest BCUT2D eigenvalue weighted by molar-refractivity contribution is 0.0582. The van der Waals surface area contributed by atoms with Gasteiger partial charge in [-0.2, -0.15) is 0 Å². The summed E-state index contributed by atoms with van der Waals surface area (Å²) in [6.07, 6.45) is 7.50. The first-order chi connectivity index (χ1) is 7.84. The molecule has 0 bridgehead atoms. The van der Waals surface area contributed by atoms with Crippen LogP contribution in [0.25, 0.3) is 0 Å². The molecule has 0 radical (unpaired) electrons. The van der Waals surface area contributed by atoms with Crippen molar-refractivity contribution in [3.63, 3.8) is 0 Å². The predicted octanol–water partition coefficient (Wildman–Crippen LogP) is 1.26. The van der Waals surface area contributed by atoms with Crippen LogP contribution in [0.3, 0.4) is 0 Å². The zero-order valence-electron chi connectivity index (χ0n) is 9.95. The maximum atomic E-state index is 5.87. The molecular weight excluding hydrogens is 202 g/mol. The van der Waals surface area contributed by atoms with E-state index < -0.39 is 0 Å². The van der Waals surface area contributed by atoms with Crippen LogP contribution in [-0.4, -0.2) is 31.8 Å². The number of rotatable bonds is 3. The molecule has 3 N–H and O–H groups in total. The number of nitrogens with one attached hydrogen (secondary N) is 1. The van der Waals surface area contributed by atoms with Crippen molar-refractivity contribution in [2.24, 2.45) is 16.6 Å². The SMILES string of the molecule is NC(=NCC1CCCOC1)NC1CCCC1. The Morgan fingerprint density at radius 2 is 2.06 bits per heavy atom. The molecule has 1 saturated carbocycles. The van der Waals surface area contributed by atoms with Gasteiger partial charge < -0.3 is 15.8 Å². The van der Waals surface area contributed by atoms with E-state index in [0.717, 1.165) is 26.2 Å². The average molecular weight is 225 g/mol. The van der Waals surface area contributed by atoms with Gasteiger partial charge in [0.15, 0.2) is 5.96 Å². The fourth-order valence-corrected chi connectivity index (χ4v) is 2.50. The van der Waals surface area contributed by atoms with Crippen molar-refractivity contribution in [3.8, 4) is 0 Å². The fraction of sp³-hybridized carbons (Fsp3) is 0.917. The average Bonchev–Trinajstić information content (AvgIpc) is 2.81. The van der Waals surface area contributed by atoms with E-state index in [4.69, 9.17) is 10.5 Å². The van der Waals surface area contributed by atoms with Crippen LogP contribution < -0.4 is 11.1 Å². The summed E-state index contributed by atoms with van der Waals surface area (Å²) in [5, 5.41) is 3.31. The number of nitrogens with two attached hydrogens (primary N) is 1. The largest absolute Gasteiger partial charge is 0.381 e. The number of aliphatic imine (C=N–C) groups is 1. The summed E-state index contributed by atoms with van der Waals surface area (Å²) < 4.78 is 5.42. The molecule has 2 fully saturated rings. The zero-order chi connectivity index (χ0) is 11.2. The van der Waals surface area contributed by atoms with Crippen LogP contribution >= 0.6 is 0 Å². The molecule has 92 valence electrons. The van der Waals surface area contributed by atoms with Crippen molar-refractivity contribution in [3.05, 3.63) is 0 Å². The van der Waals surface area contributed by atoms with Crippen LogP contribution in [0.5, 0.6) is 0 Å². The van der Waals surface area contributed by atoms with Gasteiger partial charge in [-0.05, 0) is 25.7 Å². The molecule has 0 spiro atoms. The fourth-order valence-electron chi connectivity index (χ4n) is 2.50. The summed E-state index contributed by atoms with van der Waals surface area (Å²) in [6, 6.07) is 0.561. The second-order valence-electron chi connectivity index (χ2n) is 4.93. The number of hydrogen-bond acceptors (Lipinski definition) is 2. The first kappa shape index (κ1) is 11.7. The van der Waals surface area contributed by atoms with Gasteiger partial charge in [0, 0.05) is 25.1 Å². The highest BCUT2D eigenvalue weighted by Crippen LogP contribution is 2.17. The highest BCUT2D eigenvalue weighted by atomic mass is 16.5. The standard InChI is InChI=1S/C12H23N3O/c13-12(15-11-5-1-2-6-11)14-8-10-4-3-7-16-9-10/h10-11H,1-9H2,(H3,13,14,15). The summed E-state index contributed by atoms with van der Waals surface area (Å²) in [6.45, 7) is 2.57. The predicted molar refractivity (Wildman–Crippen MR) is 65.4 cm³/mol. The zero-order valence-corrected chi connectivity index (χ0v) is 9.95. The van der Waals surface area contributed by atoms with Gasteiger partial charge in [0.2, 0.25) is 0 Å². The van der Waals surface area contributed by atoms with Gasteiger partial charge in [-0.15, -0.1) is 0 Å². The van der Waals surface area contributed by atoms with Gasteiger partial charge in [0.25, 0.3) is 0 Å². The van der Waals surface area contributed by atoms with E-state index >= 15 is 0 Å². The lowest BCUT2D eigenvalue weighted by atomic mass is 10.0. The third-order valence-corrected chi connectivity index (χ3v) is 3.48. The van der Waals surface area contributed by atoms with Gasteiger partial charge in [0.05, 0.1) is 6.61 Å². The molecule has 1 saturated heterocycles. The summed E-state index contributed by atoms with van der Waals surface area (Å²) in [5.41, 5.74) is 5.87. The summed E-state index contributed by atoms with van der Waals surface area (Å²) >= 11 is 0. The Balaban J connectivity index is 1.68. The van der Waals surface area contributed by atoms with Gasteiger partial charge in [-0.25, -0.2) is 0 Å². The van der Waals surface area contributed by atoms with E-state index in [1.807, 2.05) is 0 Å². The summed E-state index contributed by atoms with van der Waals surface area (Å²) in [4.78, 5) is 4.41. The van der Waals surface area contributed by atoms with E-state index in [9.17, 15) is 0 Å². The third kappa shape index (κ3) is 3.67. The van der Waals surface area contributed by atoms with Crippen molar-refractivity contribution >= 4 is 5.96 Å². The lowest BCUT2D eigenvalue weighted by Crippen LogP contribution is -2.39. The Morgan fingerprint density at radius 3 is 2.75 bits per heavy atom. The minimum absolute atomic E-state index is 0.561. The molecular formula is C12H23N3O. The number of guanidine groups is 1. The molecule has 1 aliphatic heterocycles. The van der Waals surface area contributed by atoms with E-state index in [0.29, 0.717) is 17.9 Å². The van der Waals surface area contributed by atoms with Crippen LogP contribution in [0.1, 0.15) is 38.5 Å². The van der Waals surface area contributed by atoms with Crippen LogP contribution in [-0.2, 0) is 4.74 Å². The van der Waals surface area contributed by atoms with Gasteiger partial charge in [-0.3, -0.25) is 4.99 Å². The van der Waals surface area contributed by atoms with Crippen molar-refractivity contribution < 1.29 is 4.74 Å². The minimum atomic E-state index is 0.561. The molecule has 1 atom stereocenters. The van der Waals surface area contributed by atoms with E-state index in [1.54, 1.807) is 0 Å². The van der Waals surface area contributed by atoms with Crippen molar-refractivity contribution in [2.75, 3.05) is 19.8 Å². The molecule has 1 unspecified atom stereocenters. The van der Waals surface area contributed by atoms with Crippen LogP contribution in [0.15, 0.2) is 4.99 Å². The van der Waals surface area contributed by atoms with E-state index in [-0.39, 0.29) is 0 Å². The Kier molecular flexibility index (Phi) is 4.45. The molecule has 0 aromatic rings. The second-order valence-corrected chi connectivity index (χ2v) is 4.93. The maximum absolute atomic E-state index is 5.87. The van der Waals surface area contributed by atoms with Crippen LogP contribution in [0.4, 0.5) is 0 Å². The Labute approximate surface area is 97.6 Å². The topological polar surface area (TPSA) is 59.6 Å². The molecule has 0 aromatic carbocycles. The van der Waals surface area contributed by atoms with E-state index in [2.05, 4.69) is 10.3 Å². The smallest absolute Gasteiger partial charge is 0.188 e. The van der Waals surface area contributed by atoms with Crippen molar-refractivity contribution in [1.82, 2.24) is 5.32 Å². The first-order valence-electron chi connectivity index (χ1n) is 6.49. The maximum Gasteiger partial charge on any atom is 0.188 e. The summed E-state index contributed by atoms with van der Waals surface area (Å²) in [5.74, 6) is 1.19. The third-order valence-electron chi connectivity index (χ3n) is 3.48. The Morgan fingerprint density at radius 1 is 1.25 bits per heavy atom.